The number of ether oxygens (including phenoxy) is 1. The first-order chi connectivity index (χ1) is 15.0. The lowest BCUT2D eigenvalue weighted by atomic mass is 10.0. The topological polar surface area (TPSA) is 58.2 Å². The summed E-state index contributed by atoms with van der Waals surface area (Å²) in [5, 5.41) is 8.42. The maximum absolute atomic E-state index is 13.7. The largest absolute Gasteiger partial charge is 0.493 e. The Morgan fingerprint density at radius 3 is 2.81 bits per heavy atom. The predicted octanol–water partition coefficient (Wildman–Crippen LogP) is 5.69. The van der Waals surface area contributed by atoms with Gasteiger partial charge in [0.25, 0.3) is 5.91 Å². The standard InChI is InChI=1S/C24H21ClFN3O2/c1-3-31-22-12-16(7-9-19(22)15-5-4-6-18(26)11-15)24(30)29(2)14-17-8-10-21(25)20-13-27-28-23(17)20/h4-13H,3,14H2,1-2H3,(H,27,28). The average molecular weight is 438 g/mol. The quantitative estimate of drug-likeness (QED) is 0.421. The number of amides is 1. The van der Waals surface area contributed by atoms with Crippen LogP contribution in [0.4, 0.5) is 4.39 Å². The van der Waals surface area contributed by atoms with E-state index in [0.29, 0.717) is 35.1 Å². The summed E-state index contributed by atoms with van der Waals surface area (Å²) in [6, 6.07) is 15.2. The maximum Gasteiger partial charge on any atom is 0.254 e. The van der Waals surface area contributed by atoms with Gasteiger partial charge in [0.15, 0.2) is 0 Å². The molecule has 1 heterocycles. The van der Waals surface area contributed by atoms with Crippen LogP contribution in [0.2, 0.25) is 5.02 Å². The van der Waals surface area contributed by atoms with Gasteiger partial charge in [0.1, 0.15) is 11.6 Å². The number of benzene rings is 3. The smallest absolute Gasteiger partial charge is 0.254 e. The summed E-state index contributed by atoms with van der Waals surface area (Å²) < 4.78 is 19.4. The van der Waals surface area contributed by atoms with E-state index in [2.05, 4.69) is 10.2 Å². The molecule has 7 heteroatoms. The Morgan fingerprint density at radius 1 is 1.19 bits per heavy atom. The number of hydrogen-bond donors (Lipinski definition) is 1. The van der Waals surface area contributed by atoms with Crippen LogP contribution in [0.15, 0.2) is 60.8 Å². The molecule has 0 bridgehead atoms. The van der Waals surface area contributed by atoms with Gasteiger partial charge in [-0.05, 0) is 54.4 Å². The second kappa shape index (κ2) is 8.78. The molecule has 0 atom stereocenters. The number of aromatic nitrogens is 2. The van der Waals surface area contributed by atoms with Crippen molar-refractivity contribution in [3.63, 3.8) is 0 Å². The second-order valence-electron chi connectivity index (χ2n) is 7.18. The number of aromatic amines is 1. The highest BCUT2D eigenvalue weighted by molar-refractivity contribution is 6.35. The molecule has 0 saturated carbocycles. The molecule has 1 amide bonds. The molecule has 0 fully saturated rings. The van der Waals surface area contributed by atoms with Gasteiger partial charge >= 0.3 is 0 Å². The minimum Gasteiger partial charge on any atom is -0.493 e. The van der Waals surface area contributed by atoms with E-state index < -0.39 is 0 Å². The van der Waals surface area contributed by atoms with Gasteiger partial charge in [0.2, 0.25) is 0 Å². The van der Waals surface area contributed by atoms with Crippen molar-refractivity contribution in [2.24, 2.45) is 0 Å². The van der Waals surface area contributed by atoms with E-state index in [9.17, 15) is 9.18 Å². The summed E-state index contributed by atoms with van der Waals surface area (Å²) in [6.07, 6.45) is 1.67. The minimum atomic E-state index is -0.326. The zero-order valence-corrected chi connectivity index (χ0v) is 17.9. The Labute approximate surface area is 184 Å². The molecular weight excluding hydrogens is 417 g/mol. The third-order valence-electron chi connectivity index (χ3n) is 5.07. The zero-order valence-electron chi connectivity index (χ0n) is 17.2. The van der Waals surface area contributed by atoms with Crippen molar-refractivity contribution in [2.45, 2.75) is 13.5 Å². The Balaban J connectivity index is 1.62. The Hall–Kier alpha value is -3.38. The SMILES string of the molecule is CCOc1cc(C(=O)N(C)Cc2ccc(Cl)c3cn[nH]c23)ccc1-c1cccc(F)c1. The number of H-pyrrole nitrogens is 1. The molecule has 5 nitrogen and oxygen atoms in total. The molecule has 0 aliphatic carbocycles. The van der Waals surface area contributed by atoms with Crippen LogP contribution in [0.3, 0.4) is 0 Å². The highest BCUT2D eigenvalue weighted by atomic mass is 35.5. The lowest BCUT2D eigenvalue weighted by Gasteiger charge is -2.19. The molecule has 0 aliphatic heterocycles. The van der Waals surface area contributed by atoms with E-state index >= 15 is 0 Å². The van der Waals surface area contributed by atoms with Crippen molar-refractivity contribution in [1.82, 2.24) is 15.1 Å². The highest BCUT2D eigenvalue weighted by Crippen LogP contribution is 2.32. The molecule has 0 radical (unpaired) electrons. The van der Waals surface area contributed by atoms with Crippen LogP contribution in [0.25, 0.3) is 22.0 Å². The molecule has 4 aromatic rings. The molecular formula is C24H21ClFN3O2. The van der Waals surface area contributed by atoms with E-state index in [1.807, 2.05) is 19.1 Å². The van der Waals surface area contributed by atoms with Crippen LogP contribution in [0.5, 0.6) is 5.75 Å². The average Bonchev–Trinajstić information content (AvgIpc) is 3.26. The molecule has 0 unspecified atom stereocenters. The van der Waals surface area contributed by atoms with Crippen molar-refractivity contribution in [1.29, 1.82) is 0 Å². The summed E-state index contributed by atoms with van der Waals surface area (Å²) in [6.45, 7) is 2.68. The number of hydrogen-bond acceptors (Lipinski definition) is 3. The first kappa shape index (κ1) is 20.9. The van der Waals surface area contributed by atoms with Crippen LogP contribution < -0.4 is 4.74 Å². The monoisotopic (exact) mass is 437 g/mol. The number of nitrogens with zero attached hydrogens (tertiary/aromatic N) is 2. The predicted molar refractivity (Wildman–Crippen MR) is 120 cm³/mol. The fourth-order valence-corrected chi connectivity index (χ4v) is 3.77. The first-order valence-electron chi connectivity index (χ1n) is 9.86. The van der Waals surface area contributed by atoms with Crippen molar-refractivity contribution < 1.29 is 13.9 Å². The molecule has 0 spiro atoms. The number of rotatable bonds is 6. The number of carbonyl (C=O) groups is 1. The summed E-state index contributed by atoms with van der Waals surface area (Å²) in [5.74, 6) is 0.0529. The van der Waals surface area contributed by atoms with Crippen LogP contribution in [-0.4, -0.2) is 34.7 Å². The third kappa shape index (κ3) is 4.25. The van der Waals surface area contributed by atoms with Crippen molar-refractivity contribution >= 4 is 28.4 Å². The molecule has 1 aromatic heterocycles. The Kier molecular flexibility index (Phi) is 5.91. The fourth-order valence-electron chi connectivity index (χ4n) is 3.56. The molecule has 3 aromatic carbocycles. The summed E-state index contributed by atoms with van der Waals surface area (Å²) in [7, 11) is 1.74. The van der Waals surface area contributed by atoms with Gasteiger partial charge in [-0.1, -0.05) is 29.8 Å². The lowest BCUT2D eigenvalue weighted by molar-refractivity contribution is 0.0785. The van der Waals surface area contributed by atoms with Gasteiger partial charge in [0, 0.05) is 30.1 Å². The van der Waals surface area contributed by atoms with Gasteiger partial charge < -0.3 is 9.64 Å². The lowest BCUT2D eigenvalue weighted by Crippen LogP contribution is -2.26. The highest BCUT2D eigenvalue weighted by Gasteiger charge is 2.17. The van der Waals surface area contributed by atoms with Crippen molar-refractivity contribution in [3.05, 3.63) is 82.8 Å². The number of nitrogens with one attached hydrogen (secondary N) is 1. The summed E-state index contributed by atoms with van der Waals surface area (Å²) in [5.41, 5.74) is 3.63. The number of carbonyl (C=O) groups excluding carboxylic acids is 1. The molecule has 158 valence electrons. The second-order valence-corrected chi connectivity index (χ2v) is 7.59. The minimum absolute atomic E-state index is 0.158. The maximum atomic E-state index is 13.7. The van der Waals surface area contributed by atoms with Gasteiger partial charge in [0.05, 0.1) is 23.3 Å². The normalized spacial score (nSPS) is 11.0. The summed E-state index contributed by atoms with van der Waals surface area (Å²) in [4.78, 5) is 14.7. The van der Waals surface area contributed by atoms with E-state index in [4.69, 9.17) is 16.3 Å². The van der Waals surface area contributed by atoms with E-state index in [1.165, 1.54) is 12.1 Å². The van der Waals surface area contributed by atoms with Gasteiger partial charge in [-0.25, -0.2) is 4.39 Å². The van der Waals surface area contributed by atoms with Crippen LogP contribution in [0, 0.1) is 5.82 Å². The van der Waals surface area contributed by atoms with Crippen LogP contribution in [-0.2, 0) is 6.54 Å². The van der Waals surface area contributed by atoms with E-state index in [-0.39, 0.29) is 11.7 Å². The molecule has 4 rings (SSSR count). The molecule has 0 saturated heterocycles. The van der Waals surface area contributed by atoms with Crippen LogP contribution >= 0.6 is 11.6 Å². The summed E-state index contributed by atoms with van der Waals surface area (Å²) >= 11 is 6.21. The van der Waals surface area contributed by atoms with Gasteiger partial charge in [-0.15, -0.1) is 0 Å². The van der Waals surface area contributed by atoms with Crippen molar-refractivity contribution in [3.8, 4) is 16.9 Å². The third-order valence-corrected chi connectivity index (χ3v) is 5.40. The fraction of sp³-hybridized carbons (Fsp3) is 0.167. The molecule has 0 aliphatic rings. The van der Waals surface area contributed by atoms with Crippen molar-refractivity contribution in [2.75, 3.05) is 13.7 Å². The van der Waals surface area contributed by atoms with E-state index in [0.717, 1.165) is 22.0 Å². The zero-order chi connectivity index (χ0) is 22.0. The van der Waals surface area contributed by atoms with Crippen LogP contribution in [0.1, 0.15) is 22.8 Å². The number of fused-ring (bicyclic) bond motifs is 1. The molecule has 1 N–H and O–H groups in total. The number of halogens is 2. The Morgan fingerprint density at radius 2 is 2.03 bits per heavy atom. The van der Waals surface area contributed by atoms with E-state index in [1.54, 1.807) is 48.5 Å². The van der Waals surface area contributed by atoms with Gasteiger partial charge in [-0.3, -0.25) is 9.89 Å². The Bertz CT molecular complexity index is 1250. The first-order valence-corrected chi connectivity index (χ1v) is 10.2. The van der Waals surface area contributed by atoms with Gasteiger partial charge in [-0.2, -0.15) is 5.10 Å². The molecule has 31 heavy (non-hydrogen) atoms.